The second-order valence-corrected chi connectivity index (χ2v) is 5.72. The maximum atomic E-state index is 12.4. The molecule has 0 saturated carbocycles. The van der Waals surface area contributed by atoms with Gasteiger partial charge in [0.25, 0.3) is 0 Å². The van der Waals surface area contributed by atoms with E-state index in [2.05, 4.69) is 20.4 Å². The van der Waals surface area contributed by atoms with E-state index in [-0.39, 0.29) is 0 Å². The van der Waals surface area contributed by atoms with Crippen molar-refractivity contribution in [3.05, 3.63) is 66.6 Å². The van der Waals surface area contributed by atoms with Crippen molar-refractivity contribution in [3.63, 3.8) is 0 Å². The average molecular weight is 349 g/mol. The molecule has 130 valence electrons. The molecule has 1 N–H and O–H groups in total. The largest absolute Gasteiger partial charge is 0.463 e. The number of aromatic nitrogens is 4. The van der Waals surface area contributed by atoms with Gasteiger partial charge in [-0.3, -0.25) is 4.98 Å². The quantitative estimate of drug-likeness (QED) is 0.586. The second kappa shape index (κ2) is 6.79. The Balaban J connectivity index is 1.73. The zero-order valence-electron chi connectivity index (χ0n) is 14.1. The standard InChI is InChI=1S/C19H16FN5O/c1-13-10-15(7-8-21-13)22-19-23-18-17(6-3-9-25(18)24-19)14-4-2-5-16(11-14)26-12-20/h2-11H,12H2,1H3,(H,21,22,24). The molecule has 3 heterocycles. The first-order valence-corrected chi connectivity index (χ1v) is 8.07. The van der Waals surface area contributed by atoms with Crippen LogP contribution in [0.25, 0.3) is 16.8 Å². The van der Waals surface area contributed by atoms with Crippen LogP contribution < -0.4 is 10.1 Å². The van der Waals surface area contributed by atoms with Crippen LogP contribution in [0.3, 0.4) is 0 Å². The number of fused-ring (bicyclic) bond motifs is 1. The van der Waals surface area contributed by atoms with Gasteiger partial charge in [-0.15, -0.1) is 5.10 Å². The van der Waals surface area contributed by atoms with Crippen LogP contribution in [-0.4, -0.2) is 26.4 Å². The summed E-state index contributed by atoms with van der Waals surface area (Å²) in [6.07, 6.45) is 3.56. The van der Waals surface area contributed by atoms with Crippen LogP contribution in [0.1, 0.15) is 5.69 Å². The van der Waals surface area contributed by atoms with Crippen molar-refractivity contribution in [2.24, 2.45) is 0 Å². The molecule has 4 rings (SSSR count). The predicted molar refractivity (Wildman–Crippen MR) is 97.3 cm³/mol. The Labute approximate surface area is 149 Å². The van der Waals surface area contributed by atoms with E-state index in [1.165, 1.54) is 0 Å². The van der Waals surface area contributed by atoms with E-state index in [4.69, 9.17) is 4.74 Å². The monoisotopic (exact) mass is 349 g/mol. The predicted octanol–water partition coefficient (Wildman–Crippen LogP) is 4.15. The first-order chi connectivity index (χ1) is 12.7. The highest BCUT2D eigenvalue weighted by Gasteiger charge is 2.11. The van der Waals surface area contributed by atoms with Gasteiger partial charge >= 0.3 is 0 Å². The number of ether oxygens (including phenoxy) is 1. The lowest BCUT2D eigenvalue weighted by atomic mass is 10.1. The number of anilines is 2. The number of rotatable bonds is 5. The minimum Gasteiger partial charge on any atom is -0.463 e. The summed E-state index contributed by atoms with van der Waals surface area (Å²) in [6, 6.07) is 14.9. The fraction of sp³-hybridized carbons (Fsp3) is 0.105. The molecule has 26 heavy (non-hydrogen) atoms. The van der Waals surface area contributed by atoms with Crippen molar-refractivity contribution in [1.82, 2.24) is 19.6 Å². The molecule has 0 unspecified atom stereocenters. The first-order valence-electron chi connectivity index (χ1n) is 8.07. The Bertz CT molecular complexity index is 1060. The van der Waals surface area contributed by atoms with Crippen molar-refractivity contribution in [2.45, 2.75) is 6.92 Å². The summed E-state index contributed by atoms with van der Waals surface area (Å²) in [5.74, 6) is 0.955. The number of hydrogen-bond acceptors (Lipinski definition) is 5. The number of nitrogens with one attached hydrogen (secondary N) is 1. The second-order valence-electron chi connectivity index (χ2n) is 5.72. The summed E-state index contributed by atoms with van der Waals surface area (Å²) in [4.78, 5) is 8.77. The Morgan fingerprint density at radius 2 is 2.08 bits per heavy atom. The van der Waals surface area contributed by atoms with E-state index in [0.717, 1.165) is 22.5 Å². The minimum absolute atomic E-state index is 0.470. The van der Waals surface area contributed by atoms with Crippen LogP contribution in [0.4, 0.5) is 16.0 Å². The molecule has 0 saturated heterocycles. The molecule has 0 aliphatic heterocycles. The van der Waals surface area contributed by atoms with Gasteiger partial charge in [0, 0.05) is 29.3 Å². The van der Waals surface area contributed by atoms with Crippen LogP contribution in [0.5, 0.6) is 5.75 Å². The maximum Gasteiger partial charge on any atom is 0.247 e. The Hall–Kier alpha value is -3.48. The van der Waals surface area contributed by atoms with E-state index in [1.807, 2.05) is 49.5 Å². The van der Waals surface area contributed by atoms with Gasteiger partial charge < -0.3 is 10.1 Å². The highest BCUT2D eigenvalue weighted by molar-refractivity contribution is 5.78. The molecule has 0 fully saturated rings. The van der Waals surface area contributed by atoms with E-state index in [1.54, 1.807) is 22.8 Å². The van der Waals surface area contributed by atoms with Gasteiger partial charge in [-0.2, -0.15) is 4.98 Å². The minimum atomic E-state index is -0.863. The number of benzene rings is 1. The molecule has 0 aliphatic carbocycles. The smallest absolute Gasteiger partial charge is 0.247 e. The van der Waals surface area contributed by atoms with E-state index in [9.17, 15) is 4.39 Å². The number of hydrogen-bond donors (Lipinski definition) is 1. The van der Waals surface area contributed by atoms with Crippen molar-refractivity contribution < 1.29 is 9.13 Å². The molecule has 0 bridgehead atoms. The van der Waals surface area contributed by atoms with Crippen LogP contribution in [-0.2, 0) is 0 Å². The number of halogens is 1. The molecule has 1 aromatic carbocycles. The fourth-order valence-corrected chi connectivity index (χ4v) is 2.75. The molecular weight excluding hydrogens is 333 g/mol. The fourth-order valence-electron chi connectivity index (χ4n) is 2.75. The Morgan fingerprint density at radius 3 is 2.92 bits per heavy atom. The summed E-state index contributed by atoms with van der Waals surface area (Å²) in [6.45, 7) is 1.06. The van der Waals surface area contributed by atoms with E-state index < -0.39 is 6.86 Å². The normalized spacial score (nSPS) is 10.8. The van der Waals surface area contributed by atoms with Crippen LogP contribution >= 0.6 is 0 Å². The Morgan fingerprint density at radius 1 is 1.15 bits per heavy atom. The molecule has 6 nitrogen and oxygen atoms in total. The third kappa shape index (κ3) is 3.19. The summed E-state index contributed by atoms with van der Waals surface area (Å²) >= 11 is 0. The lowest BCUT2D eigenvalue weighted by molar-refractivity contribution is 0.192. The van der Waals surface area contributed by atoms with Gasteiger partial charge in [-0.05, 0) is 48.9 Å². The summed E-state index contributed by atoms with van der Waals surface area (Å²) in [5, 5.41) is 7.65. The highest BCUT2D eigenvalue weighted by atomic mass is 19.1. The molecule has 4 aromatic rings. The number of aryl methyl sites for hydroxylation is 1. The van der Waals surface area contributed by atoms with Gasteiger partial charge in [0.2, 0.25) is 12.8 Å². The first kappa shape index (κ1) is 16.0. The molecule has 0 amide bonds. The van der Waals surface area contributed by atoms with E-state index in [0.29, 0.717) is 17.3 Å². The van der Waals surface area contributed by atoms with Crippen molar-refractivity contribution >= 4 is 17.3 Å². The molecule has 0 radical (unpaired) electrons. The molecular formula is C19H16FN5O. The van der Waals surface area contributed by atoms with Gasteiger partial charge in [0.15, 0.2) is 5.65 Å². The summed E-state index contributed by atoms with van der Waals surface area (Å²) in [7, 11) is 0. The zero-order valence-corrected chi connectivity index (χ0v) is 14.1. The molecule has 0 spiro atoms. The van der Waals surface area contributed by atoms with Gasteiger partial charge in [0.05, 0.1) is 0 Å². The van der Waals surface area contributed by atoms with Crippen molar-refractivity contribution in [3.8, 4) is 16.9 Å². The number of nitrogens with zero attached hydrogens (tertiary/aromatic N) is 4. The summed E-state index contributed by atoms with van der Waals surface area (Å²) < 4.78 is 19.1. The van der Waals surface area contributed by atoms with Gasteiger partial charge in [-0.25, -0.2) is 8.91 Å². The van der Waals surface area contributed by atoms with Crippen molar-refractivity contribution in [1.29, 1.82) is 0 Å². The van der Waals surface area contributed by atoms with Crippen LogP contribution in [0.15, 0.2) is 60.9 Å². The summed E-state index contributed by atoms with van der Waals surface area (Å²) in [5.41, 5.74) is 4.22. The molecule has 0 atom stereocenters. The number of alkyl halides is 1. The Kier molecular flexibility index (Phi) is 4.18. The average Bonchev–Trinajstić information content (AvgIpc) is 3.04. The third-order valence-electron chi connectivity index (χ3n) is 3.88. The van der Waals surface area contributed by atoms with Crippen LogP contribution in [0.2, 0.25) is 0 Å². The van der Waals surface area contributed by atoms with Crippen molar-refractivity contribution in [2.75, 3.05) is 12.2 Å². The third-order valence-corrected chi connectivity index (χ3v) is 3.88. The SMILES string of the molecule is Cc1cc(Nc2nc3c(-c4cccc(OCF)c4)cccn3n2)ccn1. The van der Waals surface area contributed by atoms with Gasteiger partial charge in [0.1, 0.15) is 5.75 Å². The van der Waals surface area contributed by atoms with Crippen LogP contribution in [0, 0.1) is 6.92 Å². The molecule has 3 aromatic heterocycles. The topological polar surface area (TPSA) is 64.3 Å². The van der Waals surface area contributed by atoms with Gasteiger partial charge in [-0.1, -0.05) is 12.1 Å². The molecule has 7 heteroatoms. The lowest BCUT2D eigenvalue weighted by Gasteiger charge is -2.06. The maximum absolute atomic E-state index is 12.4. The number of pyridine rings is 2. The lowest BCUT2D eigenvalue weighted by Crippen LogP contribution is -1.94. The van der Waals surface area contributed by atoms with E-state index >= 15 is 0 Å². The zero-order chi connectivity index (χ0) is 17.9. The molecule has 0 aliphatic rings. The highest BCUT2D eigenvalue weighted by Crippen LogP contribution is 2.28.